The molecule has 2 aliphatic rings. The van der Waals surface area contributed by atoms with Crippen LogP contribution in [0.15, 0.2) is 72.8 Å². The number of piperidine rings is 1. The molecule has 2 aliphatic heterocycles. The molecule has 0 saturated carbocycles. The van der Waals surface area contributed by atoms with Crippen LogP contribution in [0, 0.1) is 28.2 Å². The van der Waals surface area contributed by atoms with Gasteiger partial charge in [0.05, 0.1) is 31.6 Å². The van der Waals surface area contributed by atoms with Crippen molar-refractivity contribution < 1.29 is 70.7 Å². The highest BCUT2D eigenvalue weighted by atomic mass is 127. The van der Waals surface area contributed by atoms with Crippen LogP contribution in [0.2, 0.25) is 0 Å². The zero-order valence-corrected chi connectivity index (χ0v) is 63.5. The fraction of sp³-hybridized carbons (Fsp3) is 0.589. The number of nitrogens with zero attached hydrogens (tertiary/aromatic N) is 8. The summed E-state index contributed by atoms with van der Waals surface area (Å²) in [4.78, 5) is 187. The zero-order chi connectivity index (χ0) is 75.7. The zero-order valence-electron chi connectivity index (χ0n) is 61.3. The lowest BCUT2D eigenvalue weighted by atomic mass is 9.95. The molecule has 5 rings (SSSR count). The molecule has 24 nitrogen and oxygen atoms in total. The number of benzene rings is 3. The Labute approximate surface area is 606 Å². The third-order valence-electron chi connectivity index (χ3n) is 19.1. The number of hydrogen-bond donors (Lipinski definition) is 4. The Morgan fingerprint density at radius 2 is 1.13 bits per heavy atom. The Balaban J connectivity index is 1.67. The van der Waals surface area contributed by atoms with Gasteiger partial charge in [-0.15, -0.1) is 0 Å². The predicted octanol–water partition coefficient (Wildman–Crippen LogP) is 5.23. The SMILES string of the molecule is CC[C@H](C)[C@@H]1NC(=O)[C@H](CC(C)C)N(C)C(=O)C[C@@H](C(=O)N2CCCCC2)N(C)C(=O)[C@H](CC(C)C)NC(=O)C(C)(C)N(C)C(=O)[C@H](Cc2cccc(C(F)(F)F)c2)NC(=O)[C@H](Cc2cccc(I)c2)NC(=O)CN(C)C(=O)[C@H](Cc2ccc(C)cc2)N(C)C(=O)CN(C)C(=O)CN(C)C1=O. The normalized spacial score (nSPS) is 23.3. The van der Waals surface area contributed by atoms with E-state index in [4.69, 9.17) is 0 Å². The van der Waals surface area contributed by atoms with E-state index in [0.29, 0.717) is 43.5 Å². The van der Waals surface area contributed by atoms with Gasteiger partial charge in [-0.25, -0.2) is 0 Å². The molecule has 0 unspecified atom stereocenters. The molecule has 2 heterocycles. The van der Waals surface area contributed by atoms with Gasteiger partial charge in [0.25, 0.3) is 0 Å². The summed E-state index contributed by atoms with van der Waals surface area (Å²) in [5, 5.41) is 11.0. The van der Waals surface area contributed by atoms with E-state index in [0.717, 1.165) is 63.2 Å². The number of aryl methyl sites for hydroxylation is 1. The van der Waals surface area contributed by atoms with Gasteiger partial charge >= 0.3 is 6.18 Å². The molecular weight excluding hydrogens is 1420 g/mol. The van der Waals surface area contributed by atoms with Gasteiger partial charge < -0.3 is 60.5 Å². The van der Waals surface area contributed by atoms with Crippen LogP contribution in [0.3, 0.4) is 0 Å². The summed E-state index contributed by atoms with van der Waals surface area (Å²) >= 11 is 2.06. The average molecular weight is 1530 g/mol. The average Bonchev–Trinajstić information content (AvgIpc) is 0.806. The molecule has 2 saturated heterocycles. The smallest absolute Gasteiger partial charge is 0.342 e. The lowest BCUT2D eigenvalue weighted by Gasteiger charge is -2.39. The van der Waals surface area contributed by atoms with Crippen LogP contribution in [0.5, 0.6) is 0 Å². The van der Waals surface area contributed by atoms with Crippen LogP contribution in [0.1, 0.15) is 128 Å². The molecular formula is C73H104F3IN12O12. The molecule has 0 bridgehead atoms. The van der Waals surface area contributed by atoms with Gasteiger partial charge in [-0.2, -0.15) is 13.2 Å². The van der Waals surface area contributed by atoms with E-state index >= 15 is 19.2 Å². The molecule has 3 aromatic carbocycles. The molecule has 0 aliphatic carbocycles. The first kappa shape index (κ1) is 83.5. The highest BCUT2D eigenvalue weighted by molar-refractivity contribution is 14.1. The van der Waals surface area contributed by atoms with Crippen LogP contribution in [0.4, 0.5) is 13.2 Å². The topological polar surface area (TPSA) is 279 Å². The summed E-state index contributed by atoms with van der Waals surface area (Å²) in [6.45, 7) is 14.2. The summed E-state index contributed by atoms with van der Waals surface area (Å²) in [6, 6.07) is 8.26. The van der Waals surface area contributed by atoms with E-state index < -0.39 is 169 Å². The fourth-order valence-electron chi connectivity index (χ4n) is 12.1. The number of likely N-dealkylation sites (tertiary alicyclic amines) is 1. The van der Waals surface area contributed by atoms with Crippen molar-refractivity contribution in [1.82, 2.24) is 60.5 Å². The summed E-state index contributed by atoms with van der Waals surface area (Å²) < 4.78 is 43.7. The number of likely N-dealkylation sites (N-methyl/N-ethyl adjacent to an activating group) is 7. The molecule has 0 spiro atoms. The van der Waals surface area contributed by atoms with Gasteiger partial charge in [0.15, 0.2) is 0 Å². The molecule has 28 heteroatoms. The lowest BCUT2D eigenvalue weighted by Crippen LogP contribution is -2.64. The van der Waals surface area contributed by atoms with Crippen molar-refractivity contribution in [2.24, 2.45) is 17.8 Å². The van der Waals surface area contributed by atoms with Crippen molar-refractivity contribution in [2.75, 3.05) is 82.1 Å². The Kier molecular flexibility index (Phi) is 30.7. The third kappa shape index (κ3) is 23.4. The second-order valence-corrected chi connectivity index (χ2v) is 29.7. The largest absolute Gasteiger partial charge is 0.416 e. The molecule has 556 valence electrons. The second-order valence-electron chi connectivity index (χ2n) is 28.5. The second kappa shape index (κ2) is 37.1. The maximum atomic E-state index is 15.3. The van der Waals surface area contributed by atoms with Crippen molar-refractivity contribution in [3.63, 3.8) is 0 Å². The van der Waals surface area contributed by atoms with E-state index in [1.165, 1.54) is 74.1 Å². The number of halogens is 4. The minimum absolute atomic E-state index is 0.0234. The van der Waals surface area contributed by atoms with Gasteiger partial charge in [-0.1, -0.05) is 108 Å². The number of carbonyl (C=O) groups is 12. The molecule has 8 atom stereocenters. The fourth-order valence-corrected chi connectivity index (χ4v) is 12.7. The summed E-state index contributed by atoms with van der Waals surface area (Å²) in [5.74, 6) is -10.3. The monoisotopic (exact) mass is 1520 g/mol. The molecule has 0 radical (unpaired) electrons. The Morgan fingerprint density at radius 1 is 0.564 bits per heavy atom. The number of hydrogen-bond acceptors (Lipinski definition) is 12. The standard InChI is InChI=1S/C73H104F3IN12O12/c1-17-47(7)63-70(100)84(12)42-61(92)82(10)43-62(93)86(14)57(39-48-29-27-46(6)28-30-48)68(98)83(11)41-59(90)78-53(37-50-24-22-26-52(77)36-50)64(94)79-55(38-49-23-21-25-51(35-49)73(74,75)76)67(97)88(16)72(8,9)71(101)80-54(33-44(2)3)66(96)87(15)58(69(99)89-31-19-18-20-32-89)40-60(91)85(13)56(34-45(4)5)65(95)81-63/h21-30,35-36,44-45,47,53-58,63H,17-20,31-34,37-43H2,1-16H3,(H,78,90)(H,79,94)(H,80,101)(H,81,95)/t47-,53-,54-,55-,56-,57-,58-,63-/m0/s1. The maximum absolute atomic E-state index is 15.3. The van der Waals surface area contributed by atoms with Crippen LogP contribution < -0.4 is 21.3 Å². The summed E-state index contributed by atoms with van der Waals surface area (Å²) in [6.07, 6.45) is -3.73. The first-order valence-corrected chi connectivity index (χ1v) is 35.5. The number of nitrogens with one attached hydrogen (secondary N) is 4. The number of carbonyl (C=O) groups excluding carboxylic acids is 12. The van der Waals surface area contributed by atoms with Crippen molar-refractivity contribution in [3.05, 3.63) is 104 Å². The van der Waals surface area contributed by atoms with E-state index in [1.807, 2.05) is 39.8 Å². The van der Waals surface area contributed by atoms with Crippen LogP contribution >= 0.6 is 22.6 Å². The molecule has 0 aromatic heterocycles. The van der Waals surface area contributed by atoms with Gasteiger partial charge in [0.2, 0.25) is 70.9 Å². The summed E-state index contributed by atoms with van der Waals surface area (Å²) in [7, 11) is 9.37. The Bertz CT molecular complexity index is 3460. The molecule has 4 N–H and O–H groups in total. The molecule has 12 amide bonds. The minimum atomic E-state index is -4.82. The summed E-state index contributed by atoms with van der Waals surface area (Å²) in [5.41, 5.74) is -0.973. The lowest BCUT2D eigenvalue weighted by molar-refractivity contribution is -0.152. The van der Waals surface area contributed by atoms with Crippen molar-refractivity contribution in [2.45, 2.75) is 181 Å². The van der Waals surface area contributed by atoms with E-state index in [9.17, 15) is 51.5 Å². The number of amides is 12. The van der Waals surface area contributed by atoms with Gasteiger partial charge in [0, 0.05) is 85.3 Å². The maximum Gasteiger partial charge on any atom is 0.416 e. The predicted molar refractivity (Wildman–Crippen MR) is 383 cm³/mol. The quantitative estimate of drug-likeness (QED) is 0.160. The molecule has 2 fully saturated rings. The first-order valence-electron chi connectivity index (χ1n) is 34.4. The molecule has 101 heavy (non-hydrogen) atoms. The number of rotatable bonds is 13. The van der Waals surface area contributed by atoms with Crippen LogP contribution in [0.25, 0.3) is 0 Å². The number of alkyl halides is 3. The highest BCUT2D eigenvalue weighted by Gasteiger charge is 2.45. The van der Waals surface area contributed by atoms with E-state index in [1.54, 1.807) is 62.1 Å². The van der Waals surface area contributed by atoms with E-state index in [-0.39, 0.29) is 43.1 Å². The van der Waals surface area contributed by atoms with Crippen molar-refractivity contribution >= 4 is 93.5 Å². The van der Waals surface area contributed by atoms with Crippen LogP contribution in [-0.2, 0) is 83.0 Å². The van der Waals surface area contributed by atoms with Crippen molar-refractivity contribution in [1.29, 1.82) is 0 Å². The highest BCUT2D eigenvalue weighted by Crippen LogP contribution is 2.31. The van der Waals surface area contributed by atoms with Gasteiger partial charge in [-0.3, -0.25) is 57.5 Å². The van der Waals surface area contributed by atoms with Crippen molar-refractivity contribution in [3.8, 4) is 0 Å². The van der Waals surface area contributed by atoms with Crippen LogP contribution in [-0.4, -0.2) is 240 Å². The van der Waals surface area contributed by atoms with E-state index in [2.05, 4.69) is 43.9 Å². The Morgan fingerprint density at radius 3 is 1.71 bits per heavy atom. The van der Waals surface area contributed by atoms with Gasteiger partial charge in [-0.05, 0) is 128 Å². The third-order valence-corrected chi connectivity index (χ3v) is 19.8. The Hall–Kier alpha value is -8.18. The van der Waals surface area contributed by atoms with Gasteiger partial charge in [0.1, 0.15) is 47.8 Å². The minimum Gasteiger partial charge on any atom is -0.342 e. The molecule has 3 aromatic rings. The first-order chi connectivity index (χ1) is 47.2.